The number of rotatable bonds is 1. The average Bonchev–Trinajstić information content (AvgIpc) is 1.37. The summed E-state index contributed by atoms with van der Waals surface area (Å²) in [5, 5.41) is 19.0. The molecule has 4 nitrogen and oxygen atoms in total. The summed E-state index contributed by atoms with van der Waals surface area (Å²) in [4.78, 5) is 0. The van der Waals surface area contributed by atoms with Crippen molar-refractivity contribution in [1.29, 1.82) is 0 Å². The summed E-state index contributed by atoms with van der Waals surface area (Å²) in [5.74, 6) is 0. The van der Waals surface area contributed by atoms with Gasteiger partial charge in [0, 0.05) is 33.3 Å². The van der Waals surface area contributed by atoms with Gasteiger partial charge in [-0.05, 0) is 10.1 Å². The van der Waals surface area contributed by atoms with Crippen LogP contribution in [0.3, 0.4) is 0 Å². The Kier molecular flexibility index (Phi) is 44.7. The first-order chi connectivity index (χ1) is 1.91. The molecule has 6 heavy (non-hydrogen) atoms. The Hall–Kier alpha value is 0.840. The van der Waals surface area contributed by atoms with E-state index in [1.807, 2.05) is 0 Å². The zero-order valence-corrected chi connectivity index (χ0v) is 4.39. The van der Waals surface area contributed by atoms with Crippen LogP contribution in [-0.4, -0.2) is 10.5 Å². The van der Waals surface area contributed by atoms with Crippen LogP contribution in [0, 0.1) is 0 Å². The number of hydrogen-bond donors (Lipinski definition) is 2. The van der Waals surface area contributed by atoms with E-state index >= 15 is 0 Å². The van der Waals surface area contributed by atoms with Crippen LogP contribution < -0.4 is 0 Å². The van der Waals surface area contributed by atoms with E-state index < -0.39 is 0 Å². The van der Waals surface area contributed by atoms with Crippen LogP contribution in [0.4, 0.5) is 0 Å². The fraction of sp³-hybridized carbons (Fsp3) is 0. The predicted octanol–water partition coefficient (Wildman–Crippen LogP) is -0.124. The molecule has 0 aromatic carbocycles. The van der Waals surface area contributed by atoms with Gasteiger partial charge < -0.3 is 0 Å². The molecular weight excluding hydrogens is 182 g/mol. The van der Waals surface area contributed by atoms with E-state index in [1.165, 1.54) is 0 Å². The van der Waals surface area contributed by atoms with Gasteiger partial charge in [-0.3, -0.25) is 0 Å². The number of hydrogen-bond acceptors (Lipinski definition) is 4. The molecule has 0 unspecified atom stereocenters. The van der Waals surface area contributed by atoms with Gasteiger partial charge in [-0.25, -0.2) is 10.5 Å². The van der Waals surface area contributed by atoms with Gasteiger partial charge in [0.15, 0.2) is 0 Å². The van der Waals surface area contributed by atoms with Crippen molar-refractivity contribution in [1.82, 2.24) is 0 Å². The molecule has 0 aliphatic rings. The topological polar surface area (TPSA) is 58.9 Å². The van der Waals surface area contributed by atoms with Crippen molar-refractivity contribution in [2.45, 2.75) is 0 Å². The summed E-state index contributed by atoms with van der Waals surface area (Å²) in [7, 11) is 0. The third-order valence-corrected chi connectivity index (χ3v) is 0.0333. The average molecular weight is 184 g/mol. The van der Waals surface area contributed by atoms with Crippen LogP contribution in [0.15, 0.2) is 0 Å². The van der Waals surface area contributed by atoms with Gasteiger partial charge in [0.25, 0.3) is 0 Å². The standard InChI is InChI=1S/Co.Ni.H2O4/c;;1-3-4-2/h;;1-2H. The minimum atomic E-state index is 0. The van der Waals surface area contributed by atoms with E-state index in [1.54, 1.807) is 0 Å². The van der Waals surface area contributed by atoms with E-state index in [4.69, 9.17) is 10.5 Å². The predicted molar refractivity (Wildman–Crippen MR) is 7.43 cm³/mol. The van der Waals surface area contributed by atoms with Gasteiger partial charge in [-0.1, -0.05) is 0 Å². The Balaban J connectivity index is -0.0000000450. The van der Waals surface area contributed by atoms with Crippen LogP contribution in [0.2, 0.25) is 0 Å². The molecule has 0 atom stereocenters. The van der Waals surface area contributed by atoms with Crippen LogP contribution in [0.1, 0.15) is 0 Å². The molecule has 2 N–H and O–H groups in total. The van der Waals surface area contributed by atoms with Gasteiger partial charge in [0.2, 0.25) is 0 Å². The summed E-state index contributed by atoms with van der Waals surface area (Å²) >= 11 is 0. The minimum absolute atomic E-state index is 0. The van der Waals surface area contributed by atoms with Crippen LogP contribution in [0.25, 0.3) is 0 Å². The van der Waals surface area contributed by atoms with Crippen molar-refractivity contribution in [3.8, 4) is 0 Å². The molecule has 0 heterocycles. The molecule has 0 fully saturated rings. The van der Waals surface area contributed by atoms with Gasteiger partial charge in [-0.2, -0.15) is 0 Å². The molecule has 0 amide bonds. The van der Waals surface area contributed by atoms with Gasteiger partial charge in [-0.15, -0.1) is 0 Å². The van der Waals surface area contributed by atoms with Crippen molar-refractivity contribution in [3.05, 3.63) is 0 Å². The first kappa shape index (κ1) is 15.8. The molecule has 0 aromatic heterocycles. The zero-order valence-electron chi connectivity index (χ0n) is 2.36. The van der Waals surface area contributed by atoms with Gasteiger partial charge in [0.1, 0.15) is 0 Å². The van der Waals surface area contributed by atoms with Crippen molar-refractivity contribution < 1.29 is 53.9 Å². The summed E-state index contributed by atoms with van der Waals surface area (Å²) < 4.78 is 0. The molecule has 0 aromatic rings. The molecule has 0 saturated heterocycles. The minimum Gasteiger partial charge on any atom is -0.219 e. The van der Waals surface area contributed by atoms with Crippen LogP contribution in [-0.2, 0) is 43.3 Å². The van der Waals surface area contributed by atoms with E-state index in [9.17, 15) is 0 Å². The Labute approximate surface area is 54.3 Å². The third-order valence-electron chi connectivity index (χ3n) is 0.0333. The maximum atomic E-state index is 6.90. The van der Waals surface area contributed by atoms with Crippen LogP contribution >= 0.6 is 0 Å². The second-order valence-electron chi connectivity index (χ2n) is 0.149. The fourth-order valence-corrected chi connectivity index (χ4v) is 0. The Bertz CT molecular complexity index is 9.51. The van der Waals surface area contributed by atoms with Crippen molar-refractivity contribution >= 4 is 0 Å². The van der Waals surface area contributed by atoms with E-state index in [0.717, 1.165) is 0 Å². The SMILES string of the molecule is OOOO.[Co].[Ni]. The molecule has 0 aliphatic carbocycles. The quantitative estimate of drug-likeness (QED) is 0.338. The molecule has 45 valence electrons. The Morgan fingerprint density at radius 1 is 1.00 bits per heavy atom. The normalized spacial score (nSPS) is 5.00. The van der Waals surface area contributed by atoms with Crippen molar-refractivity contribution in [3.63, 3.8) is 0 Å². The summed E-state index contributed by atoms with van der Waals surface area (Å²) in [5.41, 5.74) is 0. The molecular formula is H2CoNiO4. The van der Waals surface area contributed by atoms with E-state index in [0.29, 0.717) is 0 Å². The van der Waals surface area contributed by atoms with Crippen molar-refractivity contribution in [2.24, 2.45) is 0 Å². The van der Waals surface area contributed by atoms with Gasteiger partial charge in [0.05, 0.1) is 0 Å². The third kappa shape index (κ3) is 21.1. The van der Waals surface area contributed by atoms with Crippen LogP contribution in [0.5, 0.6) is 0 Å². The molecule has 0 rings (SSSR count). The molecule has 0 bridgehead atoms. The summed E-state index contributed by atoms with van der Waals surface area (Å²) in [6, 6.07) is 0. The Morgan fingerprint density at radius 3 is 1.17 bits per heavy atom. The zero-order chi connectivity index (χ0) is 3.41. The smallest absolute Gasteiger partial charge is 0 e. The molecule has 0 saturated carbocycles. The van der Waals surface area contributed by atoms with Crippen molar-refractivity contribution in [2.75, 3.05) is 0 Å². The maximum Gasteiger partial charge on any atom is 0 e. The fourth-order valence-electron chi connectivity index (χ4n) is 0. The maximum absolute atomic E-state index is 6.90. The molecule has 0 spiro atoms. The summed E-state index contributed by atoms with van der Waals surface area (Å²) in [6.07, 6.45) is 0. The second-order valence-corrected chi connectivity index (χ2v) is 0.149. The first-order valence-electron chi connectivity index (χ1n) is 0.532. The monoisotopic (exact) mass is 183 g/mol. The largest absolute Gasteiger partial charge is 0.219 e. The molecule has 0 aliphatic heterocycles. The van der Waals surface area contributed by atoms with E-state index in [2.05, 4.69) is 10.1 Å². The Morgan fingerprint density at radius 2 is 1.17 bits per heavy atom. The molecule has 6 heteroatoms. The van der Waals surface area contributed by atoms with Gasteiger partial charge >= 0.3 is 0 Å². The first-order valence-corrected chi connectivity index (χ1v) is 0.532. The second kappa shape index (κ2) is 17.0. The summed E-state index contributed by atoms with van der Waals surface area (Å²) in [6.45, 7) is 0. The van der Waals surface area contributed by atoms with E-state index in [-0.39, 0.29) is 33.3 Å². The molecule has 1 radical (unpaired) electrons.